The molecule has 3 atom stereocenters. The highest BCUT2D eigenvalue weighted by Gasteiger charge is 2.40. The molecular formula is C8H15BrO2. The lowest BCUT2D eigenvalue weighted by molar-refractivity contribution is -0.106. The van der Waals surface area contributed by atoms with Gasteiger partial charge in [0, 0.05) is 18.5 Å². The van der Waals surface area contributed by atoms with Gasteiger partial charge in [0.1, 0.15) is 0 Å². The second-order valence-electron chi connectivity index (χ2n) is 2.86. The van der Waals surface area contributed by atoms with Crippen LogP contribution in [0.5, 0.6) is 0 Å². The maximum absolute atomic E-state index is 5.55. The molecule has 1 saturated carbocycles. The zero-order chi connectivity index (χ0) is 8.27. The van der Waals surface area contributed by atoms with Crippen molar-refractivity contribution in [3.63, 3.8) is 0 Å². The molecule has 0 saturated heterocycles. The standard InChI is InChI=1S/C8H15BrO2/c1-3-4-11-7-5-6(9)8(7)10-2/h6-8H,3-5H2,1-2H3. The normalized spacial score (nSPS) is 36.8. The van der Waals surface area contributed by atoms with Crippen LogP contribution in [-0.2, 0) is 9.47 Å². The van der Waals surface area contributed by atoms with Crippen LogP contribution in [0.3, 0.4) is 0 Å². The summed E-state index contributed by atoms with van der Waals surface area (Å²) in [4.78, 5) is 0.495. The van der Waals surface area contributed by atoms with E-state index in [1.54, 1.807) is 7.11 Å². The summed E-state index contributed by atoms with van der Waals surface area (Å²) in [7, 11) is 1.74. The van der Waals surface area contributed by atoms with Crippen LogP contribution in [-0.4, -0.2) is 30.8 Å². The van der Waals surface area contributed by atoms with Crippen molar-refractivity contribution in [1.29, 1.82) is 0 Å². The minimum Gasteiger partial charge on any atom is -0.378 e. The molecule has 0 radical (unpaired) electrons. The first kappa shape index (κ1) is 9.49. The summed E-state index contributed by atoms with van der Waals surface area (Å²) < 4.78 is 10.8. The predicted octanol–water partition coefficient (Wildman–Crippen LogP) is 1.96. The molecule has 0 aromatic carbocycles. The first-order valence-corrected chi connectivity index (χ1v) is 4.99. The third-order valence-electron chi connectivity index (χ3n) is 1.99. The topological polar surface area (TPSA) is 18.5 Å². The molecule has 1 aliphatic carbocycles. The van der Waals surface area contributed by atoms with Gasteiger partial charge < -0.3 is 9.47 Å². The van der Waals surface area contributed by atoms with E-state index in [2.05, 4.69) is 22.9 Å². The fraction of sp³-hybridized carbons (Fsp3) is 1.00. The van der Waals surface area contributed by atoms with E-state index in [9.17, 15) is 0 Å². The summed E-state index contributed by atoms with van der Waals surface area (Å²) in [5.41, 5.74) is 0. The average Bonchev–Trinajstić information content (AvgIpc) is 1.98. The third kappa shape index (κ3) is 2.17. The third-order valence-corrected chi connectivity index (χ3v) is 2.88. The van der Waals surface area contributed by atoms with Crippen molar-refractivity contribution in [1.82, 2.24) is 0 Å². The Morgan fingerprint density at radius 1 is 1.55 bits per heavy atom. The first-order chi connectivity index (χ1) is 5.29. The fourth-order valence-corrected chi connectivity index (χ4v) is 2.18. The van der Waals surface area contributed by atoms with Crippen molar-refractivity contribution in [3.8, 4) is 0 Å². The zero-order valence-corrected chi connectivity index (χ0v) is 8.63. The Kier molecular flexibility index (Phi) is 3.82. The molecule has 0 heterocycles. The van der Waals surface area contributed by atoms with Crippen LogP contribution in [0, 0.1) is 0 Å². The smallest absolute Gasteiger partial charge is 0.0958 e. The Morgan fingerprint density at radius 2 is 2.27 bits per heavy atom. The van der Waals surface area contributed by atoms with E-state index >= 15 is 0 Å². The van der Waals surface area contributed by atoms with Crippen LogP contribution < -0.4 is 0 Å². The maximum Gasteiger partial charge on any atom is 0.0958 e. The van der Waals surface area contributed by atoms with Crippen LogP contribution in [0.1, 0.15) is 19.8 Å². The molecule has 0 N–H and O–H groups in total. The Morgan fingerprint density at radius 3 is 2.73 bits per heavy atom. The number of halogens is 1. The van der Waals surface area contributed by atoms with Crippen molar-refractivity contribution >= 4 is 15.9 Å². The summed E-state index contributed by atoms with van der Waals surface area (Å²) in [6.45, 7) is 2.97. The van der Waals surface area contributed by atoms with Gasteiger partial charge in [-0.1, -0.05) is 22.9 Å². The fourth-order valence-electron chi connectivity index (χ4n) is 1.26. The molecule has 0 aromatic rings. The Balaban J connectivity index is 2.16. The monoisotopic (exact) mass is 222 g/mol. The van der Waals surface area contributed by atoms with Gasteiger partial charge in [-0.3, -0.25) is 0 Å². The SMILES string of the molecule is CCCOC1CC(Br)C1OC. The number of rotatable bonds is 4. The summed E-state index contributed by atoms with van der Waals surface area (Å²) in [5, 5.41) is 0. The van der Waals surface area contributed by atoms with Gasteiger partial charge in [-0.25, -0.2) is 0 Å². The molecule has 2 nitrogen and oxygen atoms in total. The van der Waals surface area contributed by atoms with Crippen LogP contribution in [0.4, 0.5) is 0 Å². The van der Waals surface area contributed by atoms with Crippen LogP contribution in [0.15, 0.2) is 0 Å². The zero-order valence-electron chi connectivity index (χ0n) is 7.05. The van der Waals surface area contributed by atoms with Crippen LogP contribution in [0.2, 0.25) is 0 Å². The molecule has 66 valence electrons. The molecule has 0 aromatic heterocycles. The molecular weight excluding hydrogens is 208 g/mol. The van der Waals surface area contributed by atoms with Gasteiger partial charge in [0.25, 0.3) is 0 Å². The molecule has 0 bridgehead atoms. The Bertz CT molecular complexity index is 119. The molecule has 3 heteroatoms. The van der Waals surface area contributed by atoms with Crippen LogP contribution in [0.25, 0.3) is 0 Å². The molecule has 0 amide bonds. The summed E-state index contributed by atoms with van der Waals surface area (Å²) in [5.74, 6) is 0. The van der Waals surface area contributed by atoms with E-state index < -0.39 is 0 Å². The Hall–Kier alpha value is 0.400. The number of alkyl halides is 1. The first-order valence-electron chi connectivity index (χ1n) is 4.08. The van der Waals surface area contributed by atoms with E-state index in [4.69, 9.17) is 9.47 Å². The second kappa shape index (κ2) is 4.43. The number of hydrogen-bond acceptors (Lipinski definition) is 2. The quantitative estimate of drug-likeness (QED) is 0.678. The molecule has 0 aliphatic heterocycles. The second-order valence-corrected chi connectivity index (χ2v) is 4.04. The van der Waals surface area contributed by atoms with Crippen LogP contribution >= 0.6 is 15.9 Å². The highest BCUT2D eigenvalue weighted by atomic mass is 79.9. The van der Waals surface area contributed by atoms with Crippen molar-refractivity contribution in [3.05, 3.63) is 0 Å². The lowest BCUT2D eigenvalue weighted by atomic mass is 9.91. The summed E-state index contributed by atoms with van der Waals surface area (Å²) in [6.07, 6.45) is 2.75. The van der Waals surface area contributed by atoms with Gasteiger partial charge in [-0.15, -0.1) is 0 Å². The van der Waals surface area contributed by atoms with Gasteiger partial charge in [0.05, 0.1) is 12.2 Å². The number of methoxy groups -OCH3 is 1. The number of hydrogen-bond donors (Lipinski definition) is 0. The van der Waals surface area contributed by atoms with E-state index in [0.717, 1.165) is 19.4 Å². The lowest BCUT2D eigenvalue weighted by Gasteiger charge is -2.39. The van der Waals surface area contributed by atoms with Crippen molar-refractivity contribution in [2.24, 2.45) is 0 Å². The maximum atomic E-state index is 5.55. The van der Waals surface area contributed by atoms with Gasteiger partial charge in [-0.2, -0.15) is 0 Å². The van der Waals surface area contributed by atoms with E-state index in [1.807, 2.05) is 0 Å². The van der Waals surface area contributed by atoms with Gasteiger partial charge in [0.15, 0.2) is 0 Å². The van der Waals surface area contributed by atoms with Crippen molar-refractivity contribution in [2.45, 2.75) is 36.8 Å². The van der Waals surface area contributed by atoms with Crippen molar-refractivity contribution < 1.29 is 9.47 Å². The van der Waals surface area contributed by atoms with Gasteiger partial charge >= 0.3 is 0 Å². The molecule has 11 heavy (non-hydrogen) atoms. The van der Waals surface area contributed by atoms with Gasteiger partial charge in [0.2, 0.25) is 0 Å². The van der Waals surface area contributed by atoms with E-state index in [-0.39, 0.29) is 6.10 Å². The number of ether oxygens (including phenoxy) is 2. The largest absolute Gasteiger partial charge is 0.378 e. The lowest BCUT2D eigenvalue weighted by Crippen LogP contribution is -2.50. The molecule has 1 aliphatic rings. The summed E-state index contributed by atoms with van der Waals surface area (Å²) >= 11 is 3.51. The van der Waals surface area contributed by atoms with Gasteiger partial charge in [-0.05, 0) is 12.8 Å². The highest BCUT2D eigenvalue weighted by Crippen LogP contribution is 2.32. The minimum absolute atomic E-state index is 0.265. The minimum atomic E-state index is 0.265. The van der Waals surface area contributed by atoms with Crippen molar-refractivity contribution in [2.75, 3.05) is 13.7 Å². The average molecular weight is 223 g/mol. The highest BCUT2D eigenvalue weighted by molar-refractivity contribution is 9.09. The predicted molar refractivity (Wildman–Crippen MR) is 48.2 cm³/mol. The molecule has 0 spiro atoms. The van der Waals surface area contributed by atoms with E-state index in [1.165, 1.54) is 0 Å². The Labute approximate surface area is 76.4 Å². The molecule has 1 rings (SSSR count). The van der Waals surface area contributed by atoms with E-state index in [0.29, 0.717) is 10.9 Å². The molecule has 3 unspecified atom stereocenters. The molecule has 1 fully saturated rings. The summed E-state index contributed by atoms with van der Waals surface area (Å²) in [6, 6.07) is 0.